The number of carbonyl (C=O) groups is 1. The number of nitrogens with zero attached hydrogens (tertiary/aromatic N) is 2. The van der Waals surface area contributed by atoms with Gasteiger partial charge in [-0.25, -0.2) is 4.98 Å². The first-order chi connectivity index (χ1) is 9.07. The van der Waals surface area contributed by atoms with E-state index in [1.54, 1.807) is 13.3 Å². The van der Waals surface area contributed by atoms with E-state index in [-0.39, 0.29) is 0 Å². The summed E-state index contributed by atoms with van der Waals surface area (Å²) in [6.45, 7) is 4.75. The van der Waals surface area contributed by atoms with E-state index in [1.165, 1.54) is 0 Å². The van der Waals surface area contributed by atoms with Gasteiger partial charge in [-0.15, -0.1) is 0 Å². The van der Waals surface area contributed by atoms with Crippen molar-refractivity contribution < 1.29 is 9.90 Å². The van der Waals surface area contributed by atoms with Crippen molar-refractivity contribution >= 4 is 17.0 Å². The Kier molecular flexibility index (Phi) is 3.85. The number of hydrogen-bond donors (Lipinski definition) is 2. The maximum absolute atomic E-state index is 11.5. The highest BCUT2D eigenvalue weighted by Gasteiger charge is 2.33. The Morgan fingerprint density at radius 3 is 2.89 bits per heavy atom. The lowest BCUT2D eigenvalue weighted by Crippen LogP contribution is -2.52. The van der Waals surface area contributed by atoms with E-state index in [0.717, 1.165) is 17.5 Å². The second-order valence-corrected chi connectivity index (χ2v) is 4.93. The van der Waals surface area contributed by atoms with E-state index in [4.69, 9.17) is 0 Å². The number of aliphatic carboxylic acids is 1. The molecule has 0 radical (unpaired) electrons. The van der Waals surface area contributed by atoms with Gasteiger partial charge in [-0.3, -0.25) is 4.79 Å². The Balaban J connectivity index is 2.28. The Hall–Kier alpha value is -1.88. The maximum Gasteiger partial charge on any atom is 0.325 e. The fourth-order valence-electron chi connectivity index (χ4n) is 2.08. The number of aromatic nitrogens is 2. The lowest BCUT2D eigenvalue weighted by atomic mass is 10.0. The highest BCUT2D eigenvalue weighted by atomic mass is 16.4. The third kappa shape index (κ3) is 2.76. The average Bonchev–Trinajstić information content (AvgIpc) is 2.80. The van der Waals surface area contributed by atoms with Crippen molar-refractivity contribution in [3.05, 3.63) is 30.6 Å². The van der Waals surface area contributed by atoms with Crippen molar-refractivity contribution in [1.82, 2.24) is 14.9 Å². The summed E-state index contributed by atoms with van der Waals surface area (Å²) in [5.74, 6) is -0.848. The Morgan fingerprint density at radius 2 is 2.21 bits per heavy atom. The molecule has 1 aromatic heterocycles. The van der Waals surface area contributed by atoms with Gasteiger partial charge >= 0.3 is 5.97 Å². The lowest BCUT2D eigenvalue weighted by Gasteiger charge is -2.26. The molecule has 2 N–H and O–H groups in total. The van der Waals surface area contributed by atoms with Crippen LogP contribution in [0.5, 0.6) is 0 Å². The van der Waals surface area contributed by atoms with E-state index >= 15 is 0 Å². The van der Waals surface area contributed by atoms with Gasteiger partial charge in [0.05, 0.1) is 23.9 Å². The summed E-state index contributed by atoms with van der Waals surface area (Å²) in [7, 11) is 0. The van der Waals surface area contributed by atoms with Crippen LogP contribution in [0.4, 0.5) is 0 Å². The van der Waals surface area contributed by atoms with Crippen molar-refractivity contribution in [2.24, 2.45) is 0 Å². The van der Waals surface area contributed by atoms with Crippen LogP contribution < -0.4 is 5.32 Å². The third-order valence-corrected chi connectivity index (χ3v) is 3.25. The fraction of sp³-hybridized carbons (Fsp3) is 0.429. The molecule has 0 aliphatic rings. The normalized spacial score (nSPS) is 14.4. The Labute approximate surface area is 112 Å². The van der Waals surface area contributed by atoms with Crippen LogP contribution in [0.15, 0.2) is 30.6 Å². The van der Waals surface area contributed by atoms with Crippen LogP contribution in [-0.2, 0) is 11.3 Å². The minimum Gasteiger partial charge on any atom is -0.480 e. The predicted molar refractivity (Wildman–Crippen MR) is 74.1 cm³/mol. The molecular weight excluding hydrogens is 242 g/mol. The standard InChI is InChI=1S/C14H19N3O2/c1-3-8-16-14(2,13(18)19)9-17-10-15-11-6-4-5-7-12(11)17/h4-7,10,16H,3,8-9H2,1-2H3,(H,18,19). The second kappa shape index (κ2) is 5.40. The minimum absolute atomic E-state index is 0.350. The van der Waals surface area contributed by atoms with Crippen molar-refractivity contribution in [2.75, 3.05) is 6.54 Å². The molecule has 0 aliphatic carbocycles. The second-order valence-electron chi connectivity index (χ2n) is 4.93. The number of carboxylic acids is 1. The highest BCUT2D eigenvalue weighted by Crippen LogP contribution is 2.16. The number of fused-ring (bicyclic) bond motifs is 1. The number of carboxylic acid groups (broad SMARTS) is 1. The molecule has 1 heterocycles. The molecule has 0 saturated carbocycles. The third-order valence-electron chi connectivity index (χ3n) is 3.25. The van der Waals surface area contributed by atoms with E-state index in [0.29, 0.717) is 13.1 Å². The summed E-state index contributed by atoms with van der Waals surface area (Å²) in [6, 6.07) is 7.72. The van der Waals surface area contributed by atoms with Crippen LogP contribution >= 0.6 is 0 Å². The van der Waals surface area contributed by atoms with Crippen molar-refractivity contribution in [1.29, 1.82) is 0 Å². The monoisotopic (exact) mass is 261 g/mol. The van der Waals surface area contributed by atoms with E-state index in [1.807, 2.05) is 35.8 Å². The topological polar surface area (TPSA) is 67.2 Å². The van der Waals surface area contributed by atoms with Gasteiger partial charge in [0.2, 0.25) is 0 Å². The summed E-state index contributed by atoms with van der Waals surface area (Å²) in [4.78, 5) is 15.8. The zero-order valence-corrected chi connectivity index (χ0v) is 11.3. The summed E-state index contributed by atoms with van der Waals surface area (Å²) in [6.07, 6.45) is 2.59. The summed E-state index contributed by atoms with van der Waals surface area (Å²) < 4.78 is 1.88. The molecule has 0 amide bonds. The van der Waals surface area contributed by atoms with E-state index in [2.05, 4.69) is 10.3 Å². The molecule has 19 heavy (non-hydrogen) atoms. The zero-order chi connectivity index (χ0) is 13.9. The van der Waals surface area contributed by atoms with Crippen LogP contribution in [0.1, 0.15) is 20.3 Å². The van der Waals surface area contributed by atoms with Crippen LogP contribution in [-0.4, -0.2) is 32.7 Å². The van der Waals surface area contributed by atoms with Gasteiger partial charge in [0.1, 0.15) is 5.54 Å². The molecule has 0 bridgehead atoms. The number of nitrogens with one attached hydrogen (secondary N) is 1. The number of hydrogen-bond acceptors (Lipinski definition) is 3. The van der Waals surface area contributed by atoms with Crippen LogP contribution in [0.2, 0.25) is 0 Å². The number of imidazole rings is 1. The molecule has 0 spiro atoms. The van der Waals surface area contributed by atoms with Gasteiger partial charge in [0.15, 0.2) is 0 Å². The zero-order valence-electron chi connectivity index (χ0n) is 11.3. The van der Waals surface area contributed by atoms with Crippen molar-refractivity contribution in [3.8, 4) is 0 Å². The summed E-state index contributed by atoms with van der Waals surface area (Å²) in [5.41, 5.74) is 0.846. The van der Waals surface area contributed by atoms with Crippen LogP contribution in [0.25, 0.3) is 11.0 Å². The van der Waals surface area contributed by atoms with E-state index in [9.17, 15) is 9.90 Å². The Morgan fingerprint density at radius 1 is 1.47 bits per heavy atom. The lowest BCUT2D eigenvalue weighted by molar-refractivity contribution is -0.144. The SMILES string of the molecule is CCCNC(C)(Cn1cnc2ccccc21)C(=O)O. The van der Waals surface area contributed by atoms with Gasteiger partial charge in [0.25, 0.3) is 0 Å². The van der Waals surface area contributed by atoms with Gasteiger partial charge < -0.3 is 15.0 Å². The van der Waals surface area contributed by atoms with Gasteiger partial charge in [-0.1, -0.05) is 19.1 Å². The van der Waals surface area contributed by atoms with Gasteiger partial charge in [-0.05, 0) is 32.0 Å². The molecule has 0 fully saturated rings. The van der Waals surface area contributed by atoms with Gasteiger partial charge in [-0.2, -0.15) is 0 Å². The molecule has 2 aromatic rings. The largest absolute Gasteiger partial charge is 0.480 e. The minimum atomic E-state index is -0.987. The Bertz CT molecular complexity index is 579. The van der Waals surface area contributed by atoms with Gasteiger partial charge in [0, 0.05) is 0 Å². The first kappa shape index (κ1) is 13.5. The molecule has 2 rings (SSSR count). The molecule has 1 atom stereocenters. The molecular formula is C14H19N3O2. The predicted octanol–water partition coefficient (Wildman–Crippen LogP) is 1.88. The molecule has 5 heteroatoms. The molecule has 0 aliphatic heterocycles. The van der Waals surface area contributed by atoms with Crippen molar-refractivity contribution in [3.63, 3.8) is 0 Å². The molecule has 1 unspecified atom stereocenters. The molecule has 5 nitrogen and oxygen atoms in total. The first-order valence-corrected chi connectivity index (χ1v) is 6.45. The number of benzene rings is 1. The summed E-state index contributed by atoms with van der Waals surface area (Å²) >= 11 is 0. The van der Waals surface area contributed by atoms with Crippen molar-refractivity contribution in [2.45, 2.75) is 32.4 Å². The average molecular weight is 261 g/mol. The quantitative estimate of drug-likeness (QED) is 0.833. The first-order valence-electron chi connectivity index (χ1n) is 6.45. The summed E-state index contributed by atoms with van der Waals surface area (Å²) in [5, 5.41) is 12.5. The highest BCUT2D eigenvalue weighted by molar-refractivity contribution is 5.79. The molecule has 102 valence electrons. The molecule has 0 saturated heterocycles. The smallest absolute Gasteiger partial charge is 0.325 e. The van der Waals surface area contributed by atoms with Crippen LogP contribution in [0.3, 0.4) is 0 Å². The maximum atomic E-state index is 11.5. The number of para-hydroxylation sites is 2. The molecule has 1 aromatic carbocycles. The van der Waals surface area contributed by atoms with Crippen LogP contribution in [0, 0.1) is 0 Å². The fourth-order valence-corrected chi connectivity index (χ4v) is 2.08. The van der Waals surface area contributed by atoms with E-state index < -0.39 is 11.5 Å². The number of rotatable bonds is 6.